The predicted molar refractivity (Wildman–Crippen MR) is 76.1 cm³/mol. The topological polar surface area (TPSA) is 37.6 Å². The lowest BCUT2D eigenvalue weighted by Crippen LogP contribution is -2.44. The summed E-state index contributed by atoms with van der Waals surface area (Å²) < 4.78 is 11.6. The Kier molecular flexibility index (Phi) is 5.02. The van der Waals surface area contributed by atoms with E-state index in [-0.39, 0.29) is 0 Å². The molecule has 2 atom stereocenters. The number of nitrogens with zero attached hydrogens (tertiary/aromatic N) is 1. The maximum atomic E-state index is 5.86. The number of nitrogens with one attached hydrogen (secondary N) is 1. The summed E-state index contributed by atoms with van der Waals surface area (Å²) in [7, 11) is 0. The van der Waals surface area contributed by atoms with Gasteiger partial charge >= 0.3 is 0 Å². The number of aryl methyl sites for hydroxylation is 1. The molecule has 0 spiro atoms. The van der Waals surface area contributed by atoms with E-state index in [1.165, 1.54) is 5.56 Å². The van der Waals surface area contributed by atoms with E-state index in [0.717, 1.165) is 44.2 Å². The van der Waals surface area contributed by atoms with Crippen LogP contribution in [0.25, 0.3) is 0 Å². The number of hydrogen-bond acceptors (Lipinski definition) is 4. The first kappa shape index (κ1) is 14.6. The highest BCUT2D eigenvalue weighted by Gasteiger charge is 2.23. The van der Waals surface area contributed by atoms with E-state index in [1.807, 2.05) is 6.92 Å². The van der Waals surface area contributed by atoms with Gasteiger partial charge in [0.05, 0.1) is 18.8 Å². The minimum atomic E-state index is 0.307. The van der Waals surface area contributed by atoms with E-state index in [1.54, 1.807) is 0 Å². The van der Waals surface area contributed by atoms with E-state index in [9.17, 15) is 0 Å². The van der Waals surface area contributed by atoms with E-state index >= 15 is 0 Å². The van der Waals surface area contributed by atoms with Gasteiger partial charge in [-0.2, -0.15) is 0 Å². The van der Waals surface area contributed by atoms with E-state index < -0.39 is 0 Å². The average molecular weight is 266 g/mol. The highest BCUT2D eigenvalue weighted by atomic mass is 16.5. The van der Waals surface area contributed by atoms with Gasteiger partial charge in [0.2, 0.25) is 0 Å². The maximum absolute atomic E-state index is 5.86. The molecule has 1 N–H and O–H groups in total. The first-order valence-electron chi connectivity index (χ1n) is 7.25. The van der Waals surface area contributed by atoms with Crippen molar-refractivity contribution >= 4 is 0 Å². The van der Waals surface area contributed by atoms with Gasteiger partial charge in [0.15, 0.2) is 0 Å². The lowest BCUT2D eigenvalue weighted by molar-refractivity contribution is -0.0718. The molecule has 0 saturated carbocycles. The molecular formula is C15H26N2O2. The Hall–Kier alpha value is -0.840. The molecule has 0 aromatic carbocycles. The Morgan fingerprint density at radius 1 is 1.32 bits per heavy atom. The molecule has 2 unspecified atom stereocenters. The fourth-order valence-electron chi connectivity index (χ4n) is 2.73. The van der Waals surface area contributed by atoms with E-state index in [0.29, 0.717) is 12.2 Å². The minimum absolute atomic E-state index is 0.307. The average Bonchev–Trinajstić information content (AvgIpc) is 2.65. The van der Waals surface area contributed by atoms with Crippen molar-refractivity contribution in [3.8, 4) is 0 Å². The standard InChI is InChI=1S/C15H26N2O2/c1-5-16-7-14-6-15(19-13(14)4)10-17-8-11(2)18-12(3)9-17/h6,11-12,16H,5,7-10H2,1-4H3. The van der Waals surface area contributed by atoms with Crippen molar-refractivity contribution in [2.24, 2.45) is 0 Å². The molecule has 1 saturated heterocycles. The van der Waals surface area contributed by atoms with Crippen LogP contribution in [0.3, 0.4) is 0 Å². The van der Waals surface area contributed by atoms with Crippen LogP contribution in [0.1, 0.15) is 37.9 Å². The molecule has 4 heteroatoms. The van der Waals surface area contributed by atoms with Crippen molar-refractivity contribution in [1.29, 1.82) is 0 Å². The molecule has 0 bridgehead atoms. The largest absolute Gasteiger partial charge is 0.465 e. The first-order chi connectivity index (χ1) is 9.08. The van der Waals surface area contributed by atoms with Crippen molar-refractivity contribution in [2.75, 3.05) is 19.6 Å². The van der Waals surface area contributed by atoms with Crippen LogP contribution in [0.2, 0.25) is 0 Å². The Morgan fingerprint density at radius 3 is 2.63 bits per heavy atom. The highest BCUT2D eigenvalue weighted by molar-refractivity contribution is 5.20. The molecule has 0 amide bonds. The minimum Gasteiger partial charge on any atom is -0.465 e. The molecule has 2 heterocycles. The third-order valence-corrected chi connectivity index (χ3v) is 3.51. The number of morpholine rings is 1. The maximum Gasteiger partial charge on any atom is 0.118 e. The summed E-state index contributed by atoms with van der Waals surface area (Å²) >= 11 is 0. The van der Waals surface area contributed by atoms with Crippen molar-refractivity contribution in [3.05, 3.63) is 23.2 Å². The van der Waals surface area contributed by atoms with Crippen LogP contribution in [-0.4, -0.2) is 36.7 Å². The zero-order valence-electron chi connectivity index (χ0n) is 12.5. The van der Waals surface area contributed by atoms with Crippen LogP contribution in [0, 0.1) is 6.92 Å². The normalized spacial score (nSPS) is 24.8. The quantitative estimate of drug-likeness (QED) is 0.887. The molecule has 0 aliphatic carbocycles. The summed E-state index contributed by atoms with van der Waals surface area (Å²) in [5, 5.41) is 3.34. The highest BCUT2D eigenvalue weighted by Crippen LogP contribution is 2.19. The van der Waals surface area contributed by atoms with E-state index in [4.69, 9.17) is 9.15 Å². The monoisotopic (exact) mass is 266 g/mol. The van der Waals surface area contributed by atoms with Crippen LogP contribution < -0.4 is 5.32 Å². The summed E-state index contributed by atoms with van der Waals surface area (Å²) in [6, 6.07) is 2.18. The van der Waals surface area contributed by atoms with Crippen molar-refractivity contribution in [2.45, 2.75) is 53.0 Å². The molecule has 4 nitrogen and oxygen atoms in total. The van der Waals surface area contributed by atoms with Crippen molar-refractivity contribution < 1.29 is 9.15 Å². The Bertz CT molecular complexity index is 393. The smallest absolute Gasteiger partial charge is 0.118 e. The third-order valence-electron chi connectivity index (χ3n) is 3.51. The van der Waals surface area contributed by atoms with Crippen LogP contribution in [0.5, 0.6) is 0 Å². The van der Waals surface area contributed by atoms with Crippen LogP contribution in [0.15, 0.2) is 10.5 Å². The number of rotatable bonds is 5. The summed E-state index contributed by atoms with van der Waals surface area (Å²) in [5.41, 5.74) is 1.27. The first-order valence-corrected chi connectivity index (χ1v) is 7.25. The van der Waals surface area contributed by atoms with Gasteiger partial charge in [-0.1, -0.05) is 6.92 Å². The summed E-state index contributed by atoms with van der Waals surface area (Å²) in [5.74, 6) is 2.09. The second-order valence-corrected chi connectivity index (χ2v) is 5.53. The Morgan fingerprint density at radius 2 is 2.00 bits per heavy atom. The second kappa shape index (κ2) is 6.55. The SMILES string of the molecule is CCNCc1cc(CN2CC(C)OC(C)C2)oc1C. The van der Waals surface area contributed by atoms with Crippen molar-refractivity contribution in [1.82, 2.24) is 10.2 Å². The second-order valence-electron chi connectivity index (χ2n) is 5.53. The van der Waals surface area contributed by atoms with Gasteiger partial charge in [0.25, 0.3) is 0 Å². The molecule has 108 valence electrons. The molecule has 1 aliphatic heterocycles. The molecule has 0 radical (unpaired) electrons. The fourth-order valence-corrected chi connectivity index (χ4v) is 2.73. The third kappa shape index (κ3) is 4.06. The van der Waals surface area contributed by atoms with Crippen LogP contribution in [0.4, 0.5) is 0 Å². The Labute approximate surface area is 116 Å². The fraction of sp³-hybridized carbons (Fsp3) is 0.733. The molecule has 19 heavy (non-hydrogen) atoms. The molecule has 1 aromatic rings. The molecule has 1 aromatic heterocycles. The molecule has 1 aliphatic rings. The van der Waals surface area contributed by atoms with Gasteiger partial charge in [0, 0.05) is 25.2 Å². The lowest BCUT2D eigenvalue weighted by atomic mass is 10.2. The number of ether oxygens (including phenoxy) is 1. The van der Waals surface area contributed by atoms with Gasteiger partial charge in [-0.05, 0) is 33.4 Å². The van der Waals surface area contributed by atoms with Gasteiger partial charge < -0.3 is 14.5 Å². The van der Waals surface area contributed by atoms with Crippen molar-refractivity contribution in [3.63, 3.8) is 0 Å². The van der Waals surface area contributed by atoms with Gasteiger partial charge in [0.1, 0.15) is 11.5 Å². The zero-order chi connectivity index (χ0) is 13.8. The summed E-state index contributed by atoms with van der Waals surface area (Å²) in [6.07, 6.45) is 0.613. The zero-order valence-corrected chi connectivity index (χ0v) is 12.5. The number of hydrogen-bond donors (Lipinski definition) is 1. The Balaban J connectivity index is 1.95. The molecular weight excluding hydrogens is 240 g/mol. The molecule has 2 rings (SSSR count). The summed E-state index contributed by atoms with van der Waals surface area (Å²) in [6.45, 7) is 13.1. The molecule has 1 fully saturated rings. The van der Waals surface area contributed by atoms with Crippen LogP contribution in [-0.2, 0) is 17.8 Å². The van der Waals surface area contributed by atoms with Crippen LogP contribution >= 0.6 is 0 Å². The number of furan rings is 1. The summed E-state index contributed by atoms with van der Waals surface area (Å²) in [4.78, 5) is 2.41. The van der Waals surface area contributed by atoms with Gasteiger partial charge in [-0.15, -0.1) is 0 Å². The van der Waals surface area contributed by atoms with E-state index in [2.05, 4.69) is 37.1 Å². The predicted octanol–water partition coefficient (Wildman–Crippen LogP) is 2.31. The lowest BCUT2D eigenvalue weighted by Gasteiger charge is -2.34. The van der Waals surface area contributed by atoms with Gasteiger partial charge in [-0.3, -0.25) is 4.90 Å². The van der Waals surface area contributed by atoms with Gasteiger partial charge in [-0.25, -0.2) is 0 Å².